The Morgan fingerprint density at radius 3 is 2.65 bits per heavy atom. The normalized spacial score (nSPS) is 10.7. The Morgan fingerprint density at radius 1 is 1.22 bits per heavy atom. The van der Waals surface area contributed by atoms with Gasteiger partial charge in [0.05, 0.1) is 0 Å². The molecule has 23 heavy (non-hydrogen) atoms. The Hall–Kier alpha value is -2.01. The second-order valence-electron chi connectivity index (χ2n) is 5.34. The number of rotatable bonds is 7. The van der Waals surface area contributed by atoms with E-state index in [1.165, 1.54) is 0 Å². The highest BCUT2D eigenvalue weighted by molar-refractivity contribution is 6.31. The minimum Gasteiger partial charge on any atom is -0.351 e. The zero-order valence-electron chi connectivity index (χ0n) is 13.5. The molecule has 2 aromatic rings. The van der Waals surface area contributed by atoms with Gasteiger partial charge < -0.3 is 15.2 Å². The fraction of sp³-hybridized carbons (Fsp3) is 0.412. The number of halogens is 1. The summed E-state index contributed by atoms with van der Waals surface area (Å²) in [7, 11) is 0. The van der Waals surface area contributed by atoms with Gasteiger partial charge in [0.1, 0.15) is 5.69 Å². The summed E-state index contributed by atoms with van der Waals surface area (Å²) in [5.74, 6) is -0.0443. The van der Waals surface area contributed by atoms with E-state index < -0.39 is 0 Å². The molecule has 5 nitrogen and oxygen atoms in total. The number of aromatic amines is 1. The van der Waals surface area contributed by atoms with Crippen LogP contribution in [0.1, 0.15) is 37.2 Å². The average Bonchev–Trinajstić information content (AvgIpc) is 2.95. The Morgan fingerprint density at radius 2 is 1.96 bits per heavy atom. The molecular formula is C17H22ClN3O2. The highest BCUT2D eigenvalue weighted by atomic mass is 35.5. The second kappa shape index (κ2) is 8.02. The molecule has 6 heteroatoms. The van der Waals surface area contributed by atoms with Crippen molar-refractivity contribution in [1.82, 2.24) is 15.2 Å². The number of carbonyl (C=O) groups excluding carboxylic acids is 2. The minimum absolute atomic E-state index is 0.129. The monoisotopic (exact) mass is 335 g/mol. The van der Waals surface area contributed by atoms with Crippen LogP contribution in [0.5, 0.6) is 0 Å². The van der Waals surface area contributed by atoms with Crippen LogP contribution in [0.15, 0.2) is 24.3 Å². The van der Waals surface area contributed by atoms with Crippen molar-refractivity contribution in [2.75, 3.05) is 19.6 Å². The number of fused-ring (bicyclic) bond motifs is 1. The smallest absolute Gasteiger partial charge is 0.267 e. The molecule has 0 aliphatic rings. The van der Waals surface area contributed by atoms with Gasteiger partial charge in [0, 0.05) is 42.0 Å². The molecule has 0 unspecified atom stereocenters. The van der Waals surface area contributed by atoms with Crippen LogP contribution in [0, 0.1) is 0 Å². The maximum Gasteiger partial charge on any atom is 0.267 e. The van der Waals surface area contributed by atoms with Crippen molar-refractivity contribution >= 4 is 34.3 Å². The summed E-state index contributed by atoms with van der Waals surface area (Å²) < 4.78 is 0. The van der Waals surface area contributed by atoms with Gasteiger partial charge in [0.2, 0.25) is 5.91 Å². The predicted molar refractivity (Wildman–Crippen MR) is 92.8 cm³/mol. The number of H-pyrrole nitrogens is 1. The van der Waals surface area contributed by atoms with E-state index in [0.29, 0.717) is 30.1 Å². The Kier molecular flexibility index (Phi) is 6.04. The number of nitrogens with one attached hydrogen (secondary N) is 2. The van der Waals surface area contributed by atoms with Crippen LogP contribution in [0.2, 0.25) is 5.02 Å². The van der Waals surface area contributed by atoms with Crippen molar-refractivity contribution in [1.29, 1.82) is 0 Å². The Balaban J connectivity index is 1.83. The van der Waals surface area contributed by atoms with Gasteiger partial charge in [0.15, 0.2) is 0 Å². The first-order valence-corrected chi connectivity index (χ1v) is 8.27. The molecule has 0 aliphatic carbocycles. The maximum atomic E-state index is 12.1. The minimum atomic E-state index is -0.174. The largest absolute Gasteiger partial charge is 0.351 e. The summed E-state index contributed by atoms with van der Waals surface area (Å²) in [6, 6.07) is 7.24. The summed E-state index contributed by atoms with van der Waals surface area (Å²) >= 11 is 5.93. The molecular weight excluding hydrogens is 314 g/mol. The molecule has 0 atom stereocenters. The number of amides is 2. The first-order chi connectivity index (χ1) is 11.0. The lowest BCUT2D eigenvalue weighted by Crippen LogP contribution is -2.31. The molecule has 1 aromatic heterocycles. The van der Waals surface area contributed by atoms with Crippen LogP contribution < -0.4 is 5.32 Å². The van der Waals surface area contributed by atoms with Crippen molar-refractivity contribution in [3.8, 4) is 0 Å². The van der Waals surface area contributed by atoms with Crippen LogP contribution in [0.3, 0.4) is 0 Å². The number of aromatic nitrogens is 1. The molecule has 124 valence electrons. The van der Waals surface area contributed by atoms with Gasteiger partial charge in [-0.25, -0.2) is 0 Å². The quantitative estimate of drug-likeness (QED) is 0.763. The number of carbonyl (C=O) groups is 2. The van der Waals surface area contributed by atoms with Gasteiger partial charge in [0.25, 0.3) is 5.91 Å². The third-order valence-corrected chi connectivity index (χ3v) is 4.03. The molecule has 2 N–H and O–H groups in total. The van der Waals surface area contributed by atoms with Crippen molar-refractivity contribution in [2.45, 2.75) is 26.7 Å². The number of hydrogen-bond donors (Lipinski definition) is 2. The van der Waals surface area contributed by atoms with E-state index in [1.807, 2.05) is 19.9 Å². The van der Waals surface area contributed by atoms with Gasteiger partial charge >= 0.3 is 0 Å². The summed E-state index contributed by atoms with van der Waals surface area (Å²) in [5.41, 5.74) is 1.33. The third kappa shape index (κ3) is 4.48. The molecule has 2 rings (SSSR count). The number of hydrogen-bond acceptors (Lipinski definition) is 2. The standard InChI is InChI=1S/C17H22ClN3O2/c1-3-21(4-2)16(22)6-5-9-19-17(23)15-10-12-7-8-13(18)11-14(12)20-15/h7-8,10-11,20H,3-6,9H2,1-2H3,(H,19,23). The molecule has 0 bridgehead atoms. The van der Waals surface area contributed by atoms with Crippen LogP contribution in [-0.2, 0) is 4.79 Å². The van der Waals surface area contributed by atoms with Gasteiger partial charge in [-0.2, -0.15) is 0 Å². The highest BCUT2D eigenvalue weighted by Gasteiger charge is 2.11. The average molecular weight is 336 g/mol. The summed E-state index contributed by atoms with van der Waals surface area (Å²) in [6.45, 7) is 5.84. The highest BCUT2D eigenvalue weighted by Crippen LogP contribution is 2.19. The predicted octanol–water partition coefficient (Wildman–Crippen LogP) is 3.20. The first-order valence-electron chi connectivity index (χ1n) is 7.89. The molecule has 0 saturated heterocycles. The zero-order valence-corrected chi connectivity index (χ0v) is 14.2. The topological polar surface area (TPSA) is 65.2 Å². The molecule has 1 aromatic carbocycles. The van der Waals surface area contributed by atoms with Gasteiger partial charge in [-0.3, -0.25) is 9.59 Å². The Labute approximate surface area is 141 Å². The van der Waals surface area contributed by atoms with E-state index in [2.05, 4.69) is 10.3 Å². The lowest BCUT2D eigenvalue weighted by atomic mass is 10.2. The van der Waals surface area contributed by atoms with Gasteiger partial charge in [-0.05, 0) is 38.5 Å². The van der Waals surface area contributed by atoms with Gasteiger partial charge in [-0.1, -0.05) is 17.7 Å². The van der Waals surface area contributed by atoms with Crippen LogP contribution in [-0.4, -0.2) is 41.3 Å². The first kappa shape index (κ1) is 17.3. The lowest BCUT2D eigenvalue weighted by Gasteiger charge is -2.18. The van der Waals surface area contributed by atoms with E-state index in [-0.39, 0.29) is 11.8 Å². The molecule has 0 radical (unpaired) electrons. The molecule has 0 fully saturated rings. The molecule has 0 spiro atoms. The number of nitrogens with zero attached hydrogens (tertiary/aromatic N) is 1. The van der Waals surface area contributed by atoms with Crippen molar-refractivity contribution in [3.63, 3.8) is 0 Å². The number of benzene rings is 1. The molecule has 0 saturated carbocycles. The molecule has 2 amide bonds. The van der Waals surface area contributed by atoms with Crippen molar-refractivity contribution < 1.29 is 9.59 Å². The van der Waals surface area contributed by atoms with Crippen LogP contribution in [0.4, 0.5) is 0 Å². The SMILES string of the molecule is CCN(CC)C(=O)CCCNC(=O)c1cc2ccc(Cl)cc2[nH]1. The third-order valence-electron chi connectivity index (χ3n) is 3.80. The van der Waals surface area contributed by atoms with Crippen molar-refractivity contribution in [2.24, 2.45) is 0 Å². The van der Waals surface area contributed by atoms with Gasteiger partial charge in [-0.15, -0.1) is 0 Å². The summed E-state index contributed by atoms with van der Waals surface area (Å²) in [5, 5.41) is 4.40. The van der Waals surface area contributed by atoms with E-state index in [4.69, 9.17) is 11.6 Å². The molecule has 1 heterocycles. The fourth-order valence-corrected chi connectivity index (χ4v) is 2.66. The molecule has 0 aliphatic heterocycles. The van der Waals surface area contributed by atoms with E-state index in [0.717, 1.165) is 24.0 Å². The fourth-order valence-electron chi connectivity index (χ4n) is 2.49. The maximum absolute atomic E-state index is 12.1. The Bertz CT molecular complexity index is 692. The van der Waals surface area contributed by atoms with E-state index >= 15 is 0 Å². The zero-order chi connectivity index (χ0) is 16.8. The second-order valence-corrected chi connectivity index (χ2v) is 5.78. The van der Waals surface area contributed by atoms with E-state index in [9.17, 15) is 9.59 Å². The summed E-state index contributed by atoms with van der Waals surface area (Å²) in [6.07, 6.45) is 1.08. The van der Waals surface area contributed by atoms with E-state index in [1.54, 1.807) is 23.1 Å². The van der Waals surface area contributed by atoms with Crippen molar-refractivity contribution in [3.05, 3.63) is 35.0 Å². The van der Waals surface area contributed by atoms with Crippen LogP contribution >= 0.6 is 11.6 Å². The lowest BCUT2D eigenvalue weighted by molar-refractivity contribution is -0.130. The van der Waals surface area contributed by atoms with Crippen LogP contribution in [0.25, 0.3) is 10.9 Å². The summed E-state index contributed by atoms with van der Waals surface area (Å²) in [4.78, 5) is 28.8.